The van der Waals surface area contributed by atoms with Gasteiger partial charge in [-0.3, -0.25) is 0 Å². The van der Waals surface area contributed by atoms with Crippen LogP contribution in [0.5, 0.6) is 0 Å². The number of sulfonamides is 1. The van der Waals surface area contributed by atoms with Crippen LogP contribution in [0, 0.1) is 6.92 Å². The maximum atomic E-state index is 12.5. The third-order valence-electron chi connectivity index (χ3n) is 2.62. The molecular weight excluding hydrogens is 333 g/mol. The van der Waals surface area contributed by atoms with Crippen LogP contribution >= 0.6 is 11.6 Å². The number of nitrogens with zero attached hydrogens (tertiary/aromatic N) is 1. The van der Waals surface area contributed by atoms with E-state index in [9.17, 15) is 21.6 Å². The molecule has 0 aliphatic carbocycles. The lowest BCUT2D eigenvalue weighted by Gasteiger charge is -2.23. The third kappa shape index (κ3) is 4.47. The number of nitrogens with two attached hydrogens (primary N) is 1. The average molecular weight is 347 g/mol. The van der Waals surface area contributed by atoms with E-state index in [0.717, 1.165) is 6.07 Å². The molecule has 21 heavy (non-hydrogen) atoms. The van der Waals surface area contributed by atoms with Crippen LogP contribution in [0.3, 0.4) is 0 Å². The molecule has 0 saturated carbocycles. The number of halogens is 4. The van der Waals surface area contributed by atoms with Crippen LogP contribution in [-0.2, 0) is 10.0 Å². The van der Waals surface area contributed by atoms with Gasteiger partial charge in [0.2, 0.25) is 10.0 Å². The highest BCUT2D eigenvalue weighted by molar-refractivity contribution is 7.89. The van der Waals surface area contributed by atoms with Crippen molar-refractivity contribution >= 4 is 27.3 Å². The normalized spacial score (nSPS) is 12.9. The van der Waals surface area contributed by atoms with Crippen LogP contribution in [0.1, 0.15) is 5.56 Å². The summed E-state index contributed by atoms with van der Waals surface area (Å²) in [5.41, 5.74) is 5.61. The Balaban J connectivity index is 3.32. The van der Waals surface area contributed by atoms with Crippen molar-refractivity contribution in [1.29, 1.82) is 0 Å². The molecule has 0 aliphatic heterocycles. The second kappa shape index (κ2) is 6.39. The molecule has 120 valence electrons. The quantitative estimate of drug-likeness (QED) is 0.796. The summed E-state index contributed by atoms with van der Waals surface area (Å²) in [4.78, 5) is -0.373. The van der Waals surface area contributed by atoms with Gasteiger partial charge in [0.15, 0.2) is 0 Å². The van der Waals surface area contributed by atoms with E-state index < -0.39 is 35.9 Å². The van der Waals surface area contributed by atoms with E-state index >= 15 is 0 Å². The second-order valence-electron chi connectivity index (χ2n) is 4.32. The van der Waals surface area contributed by atoms with E-state index in [-0.39, 0.29) is 25.5 Å². The number of aliphatic hydroxyl groups is 1. The Bertz CT molecular complexity index is 620. The highest BCUT2D eigenvalue weighted by Gasteiger charge is 2.37. The molecule has 3 N–H and O–H groups in total. The number of alkyl halides is 3. The van der Waals surface area contributed by atoms with Crippen LogP contribution < -0.4 is 5.73 Å². The minimum absolute atomic E-state index is 0.0585. The van der Waals surface area contributed by atoms with Gasteiger partial charge in [0, 0.05) is 6.54 Å². The molecule has 0 saturated heterocycles. The zero-order valence-corrected chi connectivity index (χ0v) is 12.6. The highest BCUT2D eigenvalue weighted by Crippen LogP contribution is 2.29. The van der Waals surface area contributed by atoms with Crippen LogP contribution in [0.4, 0.5) is 18.9 Å². The maximum absolute atomic E-state index is 12.5. The number of hydrogen-bond donors (Lipinski definition) is 2. The molecule has 0 bridgehead atoms. The Labute approximate surface area is 125 Å². The highest BCUT2D eigenvalue weighted by atomic mass is 35.5. The lowest BCUT2D eigenvalue weighted by molar-refractivity contribution is -0.136. The van der Waals surface area contributed by atoms with E-state index in [0.29, 0.717) is 0 Å². The van der Waals surface area contributed by atoms with Gasteiger partial charge in [0.25, 0.3) is 0 Å². The van der Waals surface area contributed by atoms with Gasteiger partial charge in [0.1, 0.15) is 6.54 Å². The Morgan fingerprint density at radius 3 is 2.43 bits per heavy atom. The van der Waals surface area contributed by atoms with E-state index in [1.54, 1.807) is 0 Å². The molecule has 0 fully saturated rings. The minimum Gasteiger partial charge on any atom is -0.397 e. The van der Waals surface area contributed by atoms with Crippen molar-refractivity contribution < 1.29 is 26.7 Å². The lowest BCUT2D eigenvalue weighted by atomic mass is 10.2. The molecule has 0 unspecified atom stereocenters. The number of benzene rings is 1. The summed E-state index contributed by atoms with van der Waals surface area (Å²) < 4.78 is 62.2. The fraction of sp³-hybridized carbons (Fsp3) is 0.455. The number of aryl methyl sites for hydroxylation is 1. The first-order chi connectivity index (χ1) is 9.49. The lowest BCUT2D eigenvalue weighted by Crippen LogP contribution is -2.40. The summed E-state index contributed by atoms with van der Waals surface area (Å²) in [5.74, 6) is 0. The van der Waals surface area contributed by atoms with Crippen molar-refractivity contribution in [2.75, 3.05) is 25.4 Å². The summed E-state index contributed by atoms with van der Waals surface area (Å²) in [6.45, 7) is -1.72. The topological polar surface area (TPSA) is 83.6 Å². The first-order valence-electron chi connectivity index (χ1n) is 5.72. The molecule has 0 aromatic heterocycles. The molecule has 1 rings (SSSR count). The first kappa shape index (κ1) is 18.0. The molecule has 0 atom stereocenters. The van der Waals surface area contributed by atoms with Crippen molar-refractivity contribution in [2.45, 2.75) is 18.0 Å². The van der Waals surface area contributed by atoms with Gasteiger partial charge in [-0.25, -0.2) is 8.42 Å². The first-order valence-corrected chi connectivity index (χ1v) is 7.54. The molecule has 5 nitrogen and oxygen atoms in total. The van der Waals surface area contributed by atoms with Gasteiger partial charge < -0.3 is 10.8 Å². The van der Waals surface area contributed by atoms with Crippen molar-refractivity contribution in [3.05, 3.63) is 22.7 Å². The monoisotopic (exact) mass is 346 g/mol. The Morgan fingerprint density at radius 1 is 1.38 bits per heavy atom. The van der Waals surface area contributed by atoms with Crippen molar-refractivity contribution in [3.63, 3.8) is 0 Å². The van der Waals surface area contributed by atoms with Crippen LogP contribution in [-0.4, -0.2) is 43.7 Å². The molecule has 0 heterocycles. The second-order valence-corrected chi connectivity index (χ2v) is 6.63. The predicted octanol–water partition coefficient (Wildman–Crippen LogP) is 1.78. The zero-order chi connectivity index (χ0) is 16.4. The Kier molecular flexibility index (Phi) is 5.48. The van der Waals surface area contributed by atoms with Gasteiger partial charge >= 0.3 is 6.18 Å². The van der Waals surface area contributed by atoms with Gasteiger partial charge in [-0.15, -0.1) is 0 Å². The molecule has 0 radical (unpaired) electrons. The van der Waals surface area contributed by atoms with E-state index in [4.69, 9.17) is 22.4 Å². The SMILES string of the molecule is Cc1cc(Cl)c(N)cc1S(=O)(=O)N(CCO)CC(F)(F)F. The van der Waals surface area contributed by atoms with Gasteiger partial charge in [-0.2, -0.15) is 17.5 Å². The number of hydrogen-bond acceptors (Lipinski definition) is 4. The van der Waals surface area contributed by atoms with E-state index in [1.165, 1.54) is 13.0 Å². The van der Waals surface area contributed by atoms with Gasteiger partial charge in [-0.05, 0) is 24.6 Å². The number of nitrogen functional groups attached to an aromatic ring is 1. The van der Waals surface area contributed by atoms with Gasteiger partial charge in [0.05, 0.1) is 22.2 Å². The molecule has 10 heteroatoms. The molecule has 0 spiro atoms. The molecule has 1 aromatic carbocycles. The van der Waals surface area contributed by atoms with Crippen LogP contribution in [0.2, 0.25) is 5.02 Å². The van der Waals surface area contributed by atoms with E-state index in [2.05, 4.69) is 0 Å². The van der Waals surface area contributed by atoms with Gasteiger partial charge in [-0.1, -0.05) is 11.6 Å². The smallest absolute Gasteiger partial charge is 0.397 e. The minimum atomic E-state index is -4.73. The number of rotatable bonds is 5. The summed E-state index contributed by atoms with van der Waals surface area (Å²) in [6, 6.07) is 2.27. The standard InChI is InChI=1S/C11H14ClF3N2O3S/c1-7-4-8(12)9(16)5-10(7)21(19,20)17(2-3-18)6-11(13,14)15/h4-5,18H,2-3,6,16H2,1H3. The summed E-state index contributed by atoms with van der Waals surface area (Å²) in [7, 11) is -4.45. The number of aliphatic hydroxyl groups excluding tert-OH is 1. The number of anilines is 1. The Hall–Kier alpha value is -1.03. The summed E-state index contributed by atoms with van der Waals surface area (Å²) in [6.07, 6.45) is -4.73. The molecule has 1 aromatic rings. The largest absolute Gasteiger partial charge is 0.402 e. The van der Waals surface area contributed by atoms with Crippen molar-refractivity contribution in [3.8, 4) is 0 Å². The predicted molar refractivity (Wildman–Crippen MR) is 72.5 cm³/mol. The average Bonchev–Trinajstić information content (AvgIpc) is 2.31. The fourth-order valence-electron chi connectivity index (χ4n) is 1.68. The third-order valence-corrected chi connectivity index (χ3v) is 4.93. The van der Waals surface area contributed by atoms with Crippen molar-refractivity contribution in [1.82, 2.24) is 4.31 Å². The zero-order valence-electron chi connectivity index (χ0n) is 11.0. The van der Waals surface area contributed by atoms with Crippen LogP contribution in [0.25, 0.3) is 0 Å². The summed E-state index contributed by atoms with van der Waals surface area (Å²) >= 11 is 5.73. The molecule has 0 aliphatic rings. The summed E-state index contributed by atoms with van der Waals surface area (Å²) in [5, 5.41) is 8.90. The van der Waals surface area contributed by atoms with Crippen molar-refractivity contribution in [2.24, 2.45) is 0 Å². The Morgan fingerprint density at radius 2 is 1.95 bits per heavy atom. The van der Waals surface area contributed by atoms with Crippen LogP contribution in [0.15, 0.2) is 17.0 Å². The fourth-order valence-corrected chi connectivity index (χ4v) is 3.56. The molecular formula is C11H14ClF3N2O3S. The maximum Gasteiger partial charge on any atom is 0.402 e. The molecule has 0 amide bonds. The van der Waals surface area contributed by atoms with E-state index in [1.807, 2.05) is 0 Å².